The molecule has 3 heterocycles. The van der Waals surface area contributed by atoms with Crippen molar-refractivity contribution in [1.29, 1.82) is 0 Å². The van der Waals surface area contributed by atoms with Gasteiger partial charge in [0.05, 0.1) is 11.4 Å². The molecule has 7 heteroatoms. The lowest BCUT2D eigenvalue weighted by molar-refractivity contribution is -0.658. The summed E-state index contributed by atoms with van der Waals surface area (Å²) in [5.74, 6) is -0.814. The van der Waals surface area contributed by atoms with Gasteiger partial charge in [-0.25, -0.2) is 4.79 Å². The predicted octanol–water partition coefficient (Wildman–Crippen LogP) is 4.52. The summed E-state index contributed by atoms with van der Waals surface area (Å²) >= 11 is 0. The molecule has 0 atom stereocenters. The van der Waals surface area contributed by atoms with Crippen LogP contribution in [0.4, 0.5) is 11.4 Å². The fraction of sp³-hybridized carbons (Fsp3) is 0.303. The summed E-state index contributed by atoms with van der Waals surface area (Å²) in [6.07, 6.45) is 2.01. The third-order valence-corrected chi connectivity index (χ3v) is 8.39. The SMILES string of the molecule is CCN(CC)c1ccc2c(-c3ccccc3C(=O)[O-])c3c(=O)[n+](C)c4cc5c(cc4c-3oc2c1)CCCN5CC. The first-order chi connectivity index (χ1) is 19.4. The molecule has 3 aliphatic heterocycles. The van der Waals surface area contributed by atoms with E-state index in [1.54, 1.807) is 29.8 Å². The number of benzene rings is 3. The summed E-state index contributed by atoms with van der Waals surface area (Å²) in [6, 6.07) is 16.9. The number of hydrogen-bond donors (Lipinski definition) is 0. The van der Waals surface area contributed by atoms with Gasteiger partial charge in [0.1, 0.15) is 18.2 Å². The number of aromatic carboxylic acids is 1. The molecule has 0 saturated heterocycles. The molecule has 0 unspecified atom stereocenters. The molecule has 3 aliphatic rings. The highest BCUT2D eigenvalue weighted by atomic mass is 16.4. The van der Waals surface area contributed by atoms with Crippen LogP contribution < -0.4 is 25.0 Å². The zero-order chi connectivity index (χ0) is 28.1. The van der Waals surface area contributed by atoms with E-state index in [1.165, 1.54) is 11.6 Å². The van der Waals surface area contributed by atoms with E-state index in [-0.39, 0.29) is 11.1 Å². The predicted molar refractivity (Wildman–Crippen MR) is 157 cm³/mol. The topological polar surface area (TPSA) is 80.7 Å². The summed E-state index contributed by atoms with van der Waals surface area (Å²) in [5.41, 5.74) is 5.94. The van der Waals surface area contributed by atoms with Gasteiger partial charge in [0, 0.05) is 66.2 Å². The minimum atomic E-state index is -1.29. The number of pyridine rings is 1. The van der Waals surface area contributed by atoms with E-state index < -0.39 is 5.97 Å². The summed E-state index contributed by atoms with van der Waals surface area (Å²) in [4.78, 5) is 31.0. The summed E-state index contributed by atoms with van der Waals surface area (Å²) < 4.78 is 8.33. The average Bonchev–Trinajstić information content (AvgIpc) is 2.98. The molecule has 0 fully saturated rings. The highest BCUT2D eigenvalue weighted by Crippen LogP contribution is 2.44. The van der Waals surface area contributed by atoms with Crippen LogP contribution in [0.3, 0.4) is 0 Å². The van der Waals surface area contributed by atoms with Crippen molar-refractivity contribution in [3.8, 4) is 22.5 Å². The van der Waals surface area contributed by atoms with E-state index in [9.17, 15) is 14.7 Å². The normalized spacial score (nSPS) is 13.2. The number of hydrogen-bond acceptors (Lipinski definition) is 6. The Morgan fingerprint density at radius 2 is 1.80 bits per heavy atom. The third kappa shape index (κ3) is 3.91. The number of fused-ring (bicyclic) bond motifs is 5. The van der Waals surface area contributed by atoms with E-state index in [0.717, 1.165) is 61.3 Å². The monoisotopic (exact) mass is 535 g/mol. The summed E-state index contributed by atoms with van der Waals surface area (Å²) in [6.45, 7) is 9.91. The zero-order valence-corrected chi connectivity index (χ0v) is 23.4. The Morgan fingerprint density at radius 1 is 1.02 bits per heavy atom. The minimum absolute atomic E-state index is 0.0373. The zero-order valence-electron chi connectivity index (χ0n) is 23.4. The fourth-order valence-electron chi connectivity index (χ4n) is 6.31. The van der Waals surface area contributed by atoms with Gasteiger partial charge in [0.25, 0.3) is 0 Å². The van der Waals surface area contributed by atoms with Crippen molar-refractivity contribution < 1.29 is 18.9 Å². The Labute approximate surface area is 233 Å². The Morgan fingerprint density at radius 3 is 2.52 bits per heavy atom. The molecule has 7 nitrogen and oxygen atoms in total. The maximum absolute atomic E-state index is 14.2. The molecule has 6 rings (SSSR count). The summed E-state index contributed by atoms with van der Waals surface area (Å²) in [7, 11) is 1.78. The van der Waals surface area contributed by atoms with Crippen molar-refractivity contribution >= 4 is 39.2 Å². The number of aryl methyl sites for hydroxylation is 2. The Balaban J connectivity index is 1.80. The number of nitrogens with zero attached hydrogens (tertiary/aromatic N) is 3. The first-order valence-electron chi connectivity index (χ1n) is 14.1. The molecule has 0 radical (unpaired) electrons. The van der Waals surface area contributed by atoms with Crippen molar-refractivity contribution in [2.45, 2.75) is 33.6 Å². The van der Waals surface area contributed by atoms with E-state index in [2.05, 4.69) is 42.7 Å². The largest absolute Gasteiger partial charge is 0.545 e. The molecule has 204 valence electrons. The van der Waals surface area contributed by atoms with Crippen molar-refractivity contribution in [2.24, 2.45) is 7.05 Å². The minimum Gasteiger partial charge on any atom is -0.545 e. The van der Waals surface area contributed by atoms with E-state index in [1.807, 2.05) is 18.2 Å². The van der Waals surface area contributed by atoms with Crippen molar-refractivity contribution in [2.75, 3.05) is 36.0 Å². The fourth-order valence-corrected chi connectivity index (χ4v) is 6.31. The number of carbonyl (C=O) groups is 1. The van der Waals surface area contributed by atoms with Crippen molar-refractivity contribution in [3.05, 3.63) is 76.1 Å². The molecule has 0 aromatic heterocycles. The molecule has 0 bridgehead atoms. The second kappa shape index (κ2) is 9.97. The van der Waals surface area contributed by atoms with Crippen LogP contribution in [0.15, 0.2) is 63.8 Å². The molecular formula is C33H33N3O4. The van der Waals surface area contributed by atoms with Gasteiger partial charge in [-0.05, 0) is 62.9 Å². The molecule has 0 aliphatic carbocycles. The number of carbonyl (C=O) groups excluding carboxylic acids is 1. The number of rotatable bonds is 6. The second-order valence-corrected chi connectivity index (χ2v) is 10.4. The van der Waals surface area contributed by atoms with Crippen LogP contribution in [-0.4, -0.2) is 32.1 Å². The van der Waals surface area contributed by atoms with Gasteiger partial charge < -0.3 is 24.1 Å². The molecule has 0 spiro atoms. The van der Waals surface area contributed by atoms with Crippen LogP contribution >= 0.6 is 0 Å². The highest BCUT2D eigenvalue weighted by molar-refractivity contribution is 6.10. The van der Waals surface area contributed by atoms with Gasteiger partial charge >= 0.3 is 5.56 Å². The standard InChI is InChI=1S/C33H33N3O4/c1-5-35(6-2)21-14-15-24-28(18-21)40-31-25-17-20-11-10-16-36(7-3)26(20)19-27(25)34(4)32(37)30(31)29(24)22-12-8-9-13-23(22)33(38)39/h8-9,12-15,17-19H,5-7,10-11,16H2,1-4H3. The van der Waals surface area contributed by atoms with Gasteiger partial charge in [-0.2, -0.15) is 4.57 Å². The average molecular weight is 536 g/mol. The van der Waals surface area contributed by atoms with E-state index in [4.69, 9.17) is 4.42 Å². The lowest BCUT2D eigenvalue weighted by Crippen LogP contribution is -2.48. The molecule has 40 heavy (non-hydrogen) atoms. The van der Waals surface area contributed by atoms with Crippen LogP contribution in [-0.2, 0) is 13.5 Å². The van der Waals surface area contributed by atoms with Gasteiger partial charge in [-0.15, -0.1) is 0 Å². The van der Waals surface area contributed by atoms with Crippen LogP contribution in [0, 0.1) is 0 Å². The van der Waals surface area contributed by atoms with Crippen LogP contribution in [0.25, 0.3) is 44.3 Å². The summed E-state index contributed by atoms with van der Waals surface area (Å²) in [5, 5.41) is 13.8. The molecule has 0 saturated carbocycles. The number of carboxylic acid groups (broad SMARTS) is 1. The number of aromatic nitrogens is 1. The number of carboxylic acids is 1. The van der Waals surface area contributed by atoms with Crippen LogP contribution in [0.5, 0.6) is 0 Å². The van der Waals surface area contributed by atoms with Crippen molar-refractivity contribution in [3.63, 3.8) is 0 Å². The Kier molecular flexibility index (Phi) is 6.45. The maximum Gasteiger partial charge on any atom is 0.424 e. The molecular weight excluding hydrogens is 502 g/mol. The lowest BCUT2D eigenvalue weighted by atomic mass is 9.89. The van der Waals surface area contributed by atoms with Gasteiger partial charge in [0.2, 0.25) is 5.52 Å². The van der Waals surface area contributed by atoms with Gasteiger partial charge in [-0.3, -0.25) is 0 Å². The first kappa shape index (κ1) is 25.9. The quantitative estimate of drug-likeness (QED) is 0.181. The van der Waals surface area contributed by atoms with E-state index >= 15 is 0 Å². The first-order valence-corrected chi connectivity index (χ1v) is 14.1. The number of anilines is 2. The van der Waals surface area contributed by atoms with Gasteiger partial charge in [-0.1, -0.05) is 24.3 Å². The maximum atomic E-state index is 14.2. The Hall–Kier alpha value is -4.39. The second-order valence-electron chi connectivity index (χ2n) is 10.4. The smallest absolute Gasteiger partial charge is 0.424 e. The van der Waals surface area contributed by atoms with Crippen molar-refractivity contribution in [1.82, 2.24) is 0 Å². The van der Waals surface area contributed by atoms with Gasteiger partial charge in [0.15, 0.2) is 5.76 Å². The molecule has 3 aromatic carbocycles. The van der Waals surface area contributed by atoms with Crippen LogP contribution in [0.1, 0.15) is 43.1 Å². The van der Waals surface area contributed by atoms with Crippen LogP contribution in [0.2, 0.25) is 0 Å². The Bertz CT molecular complexity index is 1820. The lowest BCUT2D eigenvalue weighted by Gasteiger charge is -2.30. The molecule has 0 amide bonds. The molecule has 0 N–H and O–H groups in total. The highest BCUT2D eigenvalue weighted by Gasteiger charge is 2.32. The molecule has 3 aromatic rings. The van der Waals surface area contributed by atoms with E-state index in [0.29, 0.717) is 33.4 Å². The third-order valence-electron chi connectivity index (χ3n) is 8.39.